The molecule has 6 nitrogen and oxygen atoms in total. The Hall–Kier alpha value is -3.02. The fourth-order valence-corrected chi connectivity index (χ4v) is 2.83. The number of rotatable bonds is 6. The van der Waals surface area contributed by atoms with Crippen molar-refractivity contribution in [2.24, 2.45) is 5.16 Å². The highest BCUT2D eigenvalue weighted by molar-refractivity contribution is 6.01. The molecule has 1 atom stereocenters. The summed E-state index contributed by atoms with van der Waals surface area (Å²) in [5.74, 6) is 0.550. The summed E-state index contributed by atoms with van der Waals surface area (Å²) < 4.78 is 16.0. The maximum atomic E-state index is 11.8. The van der Waals surface area contributed by atoms with Crippen molar-refractivity contribution in [1.29, 1.82) is 0 Å². The van der Waals surface area contributed by atoms with E-state index in [1.165, 1.54) is 12.7 Å². The number of methoxy groups -OCH3 is 2. The maximum Gasteiger partial charge on any atom is 0.337 e. The molecule has 0 fully saturated rings. The zero-order valence-corrected chi connectivity index (χ0v) is 15.9. The van der Waals surface area contributed by atoms with E-state index in [1.54, 1.807) is 25.3 Å². The fourth-order valence-electron chi connectivity index (χ4n) is 2.83. The summed E-state index contributed by atoms with van der Waals surface area (Å²) in [7, 11) is 2.89. The fraction of sp³-hybridized carbons (Fsp3) is 0.333. The molecule has 0 bridgehead atoms. The van der Waals surface area contributed by atoms with Crippen LogP contribution >= 0.6 is 0 Å². The van der Waals surface area contributed by atoms with Crippen molar-refractivity contribution in [3.05, 3.63) is 59.2 Å². The van der Waals surface area contributed by atoms with E-state index in [9.17, 15) is 4.79 Å². The van der Waals surface area contributed by atoms with Gasteiger partial charge in [0.25, 0.3) is 0 Å². The van der Waals surface area contributed by atoms with Gasteiger partial charge in [-0.05, 0) is 37.6 Å². The Morgan fingerprint density at radius 3 is 2.56 bits per heavy atom. The molecule has 3 rings (SSSR count). The van der Waals surface area contributed by atoms with Gasteiger partial charge in [-0.1, -0.05) is 35.0 Å². The van der Waals surface area contributed by atoms with Gasteiger partial charge in [0.15, 0.2) is 17.1 Å². The van der Waals surface area contributed by atoms with E-state index in [4.69, 9.17) is 19.0 Å². The number of carbonyl (C=O) groups excluding carboxylic acids is 1. The molecule has 1 unspecified atom stereocenters. The number of hydrogen-bond acceptors (Lipinski definition) is 6. The molecule has 1 aliphatic rings. The van der Waals surface area contributed by atoms with Crippen LogP contribution in [0.3, 0.4) is 0 Å². The van der Waals surface area contributed by atoms with Crippen LogP contribution in [-0.4, -0.2) is 38.1 Å². The summed E-state index contributed by atoms with van der Waals surface area (Å²) >= 11 is 0. The third-order valence-corrected chi connectivity index (χ3v) is 4.42. The monoisotopic (exact) mass is 369 g/mol. The Morgan fingerprint density at radius 1 is 1.15 bits per heavy atom. The van der Waals surface area contributed by atoms with Gasteiger partial charge in [0.2, 0.25) is 0 Å². The lowest BCUT2D eigenvalue weighted by molar-refractivity contribution is -0.0361. The maximum absolute atomic E-state index is 11.8. The minimum Gasteiger partial charge on any atom is -0.493 e. The van der Waals surface area contributed by atoms with E-state index in [0.717, 1.165) is 11.3 Å². The van der Waals surface area contributed by atoms with E-state index in [-0.39, 0.29) is 6.61 Å². The van der Waals surface area contributed by atoms with E-state index in [1.807, 2.05) is 38.1 Å². The molecular formula is C21H23NO5. The summed E-state index contributed by atoms with van der Waals surface area (Å²) in [4.78, 5) is 17.4. The van der Waals surface area contributed by atoms with Gasteiger partial charge in [0.1, 0.15) is 6.61 Å². The zero-order chi connectivity index (χ0) is 19.4. The Balaban J connectivity index is 1.70. The smallest absolute Gasteiger partial charge is 0.337 e. The van der Waals surface area contributed by atoms with E-state index >= 15 is 0 Å². The number of ether oxygens (including phenoxy) is 3. The lowest BCUT2D eigenvalue weighted by atomic mass is 9.96. The Bertz CT molecular complexity index is 859. The first kappa shape index (κ1) is 18.8. The standard InChI is InChI=1S/C21H23NO5/c1-14-5-7-15(8-6-14)17-12-21(2,27-22-17)13-26-19-11-16(20(23)25-4)9-10-18(19)24-3/h5-11H,12-13H2,1-4H3. The van der Waals surface area contributed by atoms with Crippen molar-refractivity contribution >= 4 is 11.7 Å². The zero-order valence-electron chi connectivity index (χ0n) is 15.9. The first-order valence-electron chi connectivity index (χ1n) is 8.65. The van der Waals surface area contributed by atoms with Crippen molar-refractivity contribution in [2.45, 2.75) is 25.9 Å². The van der Waals surface area contributed by atoms with Crippen LogP contribution in [0.1, 0.15) is 34.8 Å². The quantitative estimate of drug-likeness (QED) is 0.726. The van der Waals surface area contributed by atoms with Gasteiger partial charge in [0, 0.05) is 6.42 Å². The van der Waals surface area contributed by atoms with E-state index in [2.05, 4.69) is 5.16 Å². The van der Waals surface area contributed by atoms with Gasteiger partial charge in [-0.25, -0.2) is 4.79 Å². The summed E-state index contributed by atoms with van der Waals surface area (Å²) in [5.41, 5.74) is 2.90. The molecule has 6 heteroatoms. The Kier molecular flexibility index (Phi) is 5.35. The van der Waals surface area contributed by atoms with Crippen LogP contribution in [-0.2, 0) is 9.57 Å². The molecule has 2 aromatic carbocycles. The van der Waals surface area contributed by atoms with Crippen molar-refractivity contribution < 1.29 is 23.8 Å². The largest absolute Gasteiger partial charge is 0.493 e. The number of hydrogen-bond donors (Lipinski definition) is 0. The minimum atomic E-state index is -0.605. The highest BCUT2D eigenvalue weighted by atomic mass is 16.7. The summed E-state index contributed by atoms with van der Waals surface area (Å²) in [5, 5.41) is 4.23. The molecule has 2 aromatic rings. The highest BCUT2D eigenvalue weighted by Gasteiger charge is 2.36. The lowest BCUT2D eigenvalue weighted by Crippen LogP contribution is -2.33. The van der Waals surface area contributed by atoms with Crippen molar-refractivity contribution in [1.82, 2.24) is 0 Å². The van der Waals surface area contributed by atoms with Crippen LogP contribution in [0, 0.1) is 6.92 Å². The number of nitrogens with zero attached hydrogens (tertiary/aromatic N) is 1. The van der Waals surface area contributed by atoms with Crippen molar-refractivity contribution in [2.75, 3.05) is 20.8 Å². The van der Waals surface area contributed by atoms with Crippen LogP contribution in [0.25, 0.3) is 0 Å². The number of oxime groups is 1. The molecule has 0 aromatic heterocycles. The third kappa shape index (κ3) is 4.22. The van der Waals surface area contributed by atoms with Crippen LogP contribution in [0.15, 0.2) is 47.6 Å². The average Bonchev–Trinajstić information content (AvgIpc) is 3.08. The molecule has 142 valence electrons. The second-order valence-corrected chi connectivity index (χ2v) is 6.77. The molecule has 0 N–H and O–H groups in total. The molecule has 1 heterocycles. The number of benzene rings is 2. The van der Waals surface area contributed by atoms with Gasteiger partial charge >= 0.3 is 5.97 Å². The first-order chi connectivity index (χ1) is 12.9. The molecular weight excluding hydrogens is 346 g/mol. The topological polar surface area (TPSA) is 66.4 Å². The molecule has 27 heavy (non-hydrogen) atoms. The average molecular weight is 369 g/mol. The highest BCUT2D eigenvalue weighted by Crippen LogP contribution is 2.32. The van der Waals surface area contributed by atoms with E-state index < -0.39 is 11.6 Å². The molecule has 0 amide bonds. The Morgan fingerprint density at radius 2 is 1.89 bits per heavy atom. The van der Waals surface area contributed by atoms with Crippen LogP contribution in [0.4, 0.5) is 0 Å². The van der Waals surface area contributed by atoms with Crippen molar-refractivity contribution in [3.8, 4) is 11.5 Å². The summed E-state index contributed by atoms with van der Waals surface area (Å²) in [6, 6.07) is 13.1. The number of esters is 1. The first-order valence-corrected chi connectivity index (χ1v) is 8.65. The van der Waals surface area contributed by atoms with E-state index in [0.29, 0.717) is 23.5 Å². The second-order valence-electron chi connectivity index (χ2n) is 6.77. The normalized spacial score (nSPS) is 18.4. The molecule has 0 saturated carbocycles. The summed E-state index contributed by atoms with van der Waals surface area (Å²) in [6.07, 6.45) is 0.620. The third-order valence-electron chi connectivity index (χ3n) is 4.42. The Labute approximate surface area is 158 Å². The predicted molar refractivity (Wildman–Crippen MR) is 102 cm³/mol. The SMILES string of the molecule is COC(=O)c1ccc(OC)c(OCC2(C)CC(c3ccc(C)cc3)=NO2)c1. The van der Waals surface area contributed by atoms with Crippen molar-refractivity contribution in [3.63, 3.8) is 0 Å². The molecule has 0 saturated heterocycles. The second kappa shape index (κ2) is 7.70. The van der Waals surface area contributed by atoms with Gasteiger partial charge in [-0.3, -0.25) is 0 Å². The lowest BCUT2D eigenvalue weighted by Gasteiger charge is -2.22. The van der Waals surface area contributed by atoms with Gasteiger partial charge in [0.05, 0.1) is 25.5 Å². The molecule has 1 aliphatic heterocycles. The van der Waals surface area contributed by atoms with Crippen LogP contribution < -0.4 is 9.47 Å². The molecule has 0 aliphatic carbocycles. The number of carbonyl (C=O) groups is 1. The molecule has 0 radical (unpaired) electrons. The van der Waals surface area contributed by atoms with Gasteiger partial charge in [-0.2, -0.15) is 0 Å². The van der Waals surface area contributed by atoms with Crippen LogP contribution in [0.2, 0.25) is 0 Å². The predicted octanol–water partition coefficient (Wildman–Crippen LogP) is 3.75. The molecule has 0 spiro atoms. The minimum absolute atomic E-state index is 0.257. The van der Waals surface area contributed by atoms with Crippen LogP contribution in [0.5, 0.6) is 11.5 Å². The van der Waals surface area contributed by atoms with Gasteiger partial charge in [-0.15, -0.1) is 0 Å². The number of aryl methyl sites for hydroxylation is 1. The summed E-state index contributed by atoms with van der Waals surface area (Å²) in [6.45, 7) is 4.24. The van der Waals surface area contributed by atoms with Gasteiger partial charge < -0.3 is 19.0 Å².